The van der Waals surface area contributed by atoms with Gasteiger partial charge in [-0.1, -0.05) is 29.8 Å². The standard InChI is InChI=1S/C14H13ClFN/c1-9-6-10(4-5-14(9)16)11-2-3-12(8-17)13(15)7-11/h2-7H,8,17H2,1H3. The highest BCUT2D eigenvalue weighted by Crippen LogP contribution is 2.26. The fraction of sp³-hybridized carbons (Fsp3) is 0.143. The quantitative estimate of drug-likeness (QED) is 0.858. The van der Waals surface area contributed by atoms with Gasteiger partial charge in [-0.3, -0.25) is 0 Å². The molecule has 0 aliphatic heterocycles. The van der Waals surface area contributed by atoms with Crippen molar-refractivity contribution in [3.8, 4) is 11.1 Å². The van der Waals surface area contributed by atoms with Gasteiger partial charge in [0.2, 0.25) is 0 Å². The molecule has 0 saturated heterocycles. The van der Waals surface area contributed by atoms with Crippen molar-refractivity contribution in [3.63, 3.8) is 0 Å². The molecule has 0 spiro atoms. The summed E-state index contributed by atoms with van der Waals surface area (Å²) in [6.45, 7) is 2.16. The number of rotatable bonds is 2. The molecule has 1 nitrogen and oxygen atoms in total. The minimum atomic E-state index is -0.196. The van der Waals surface area contributed by atoms with E-state index in [2.05, 4.69) is 0 Å². The summed E-state index contributed by atoms with van der Waals surface area (Å²) in [7, 11) is 0. The predicted octanol–water partition coefficient (Wildman–Crippen LogP) is 3.91. The average Bonchev–Trinajstić information content (AvgIpc) is 2.32. The molecular formula is C14H13ClFN. The Kier molecular flexibility index (Phi) is 3.46. The lowest BCUT2D eigenvalue weighted by molar-refractivity contribution is 0.619. The van der Waals surface area contributed by atoms with E-state index in [1.807, 2.05) is 24.3 Å². The molecule has 0 aromatic heterocycles. The van der Waals surface area contributed by atoms with Crippen LogP contribution in [-0.4, -0.2) is 0 Å². The van der Waals surface area contributed by atoms with Crippen LogP contribution >= 0.6 is 11.6 Å². The third-order valence-electron chi connectivity index (χ3n) is 2.76. The van der Waals surface area contributed by atoms with Crippen molar-refractivity contribution in [1.82, 2.24) is 0 Å². The Morgan fingerprint density at radius 1 is 1.12 bits per heavy atom. The van der Waals surface area contributed by atoms with E-state index in [4.69, 9.17) is 17.3 Å². The van der Waals surface area contributed by atoms with Gasteiger partial charge in [0.05, 0.1) is 0 Å². The molecule has 0 radical (unpaired) electrons. The molecule has 3 heteroatoms. The molecule has 2 rings (SSSR count). The van der Waals surface area contributed by atoms with Gasteiger partial charge in [0.25, 0.3) is 0 Å². The van der Waals surface area contributed by atoms with Crippen molar-refractivity contribution in [3.05, 3.63) is 58.4 Å². The zero-order chi connectivity index (χ0) is 12.4. The van der Waals surface area contributed by atoms with Crippen LogP contribution in [0, 0.1) is 12.7 Å². The summed E-state index contributed by atoms with van der Waals surface area (Å²) in [6.07, 6.45) is 0. The molecule has 0 bridgehead atoms. The summed E-state index contributed by atoms with van der Waals surface area (Å²) < 4.78 is 13.2. The minimum Gasteiger partial charge on any atom is -0.326 e. The fourth-order valence-corrected chi connectivity index (χ4v) is 1.97. The van der Waals surface area contributed by atoms with Gasteiger partial charge < -0.3 is 5.73 Å². The van der Waals surface area contributed by atoms with Crippen LogP contribution in [0.15, 0.2) is 36.4 Å². The summed E-state index contributed by atoms with van der Waals surface area (Å²) in [6, 6.07) is 10.7. The normalized spacial score (nSPS) is 10.6. The van der Waals surface area contributed by atoms with Crippen molar-refractivity contribution in [1.29, 1.82) is 0 Å². The van der Waals surface area contributed by atoms with E-state index in [1.165, 1.54) is 6.07 Å². The highest BCUT2D eigenvalue weighted by atomic mass is 35.5. The molecule has 0 fully saturated rings. The predicted molar refractivity (Wildman–Crippen MR) is 69.5 cm³/mol. The second-order valence-electron chi connectivity index (χ2n) is 3.97. The SMILES string of the molecule is Cc1cc(-c2ccc(CN)c(Cl)c2)ccc1F. The lowest BCUT2D eigenvalue weighted by Gasteiger charge is -2.07. The molecule has 0 unspecified atom stereocenters. The monoisotopic (exact) mass is 249 g/mol. The van der Waals surface area contributed by atoms with E-state index < -0.39 is 0 Å². The zero-order valence-electron chi connectivity index (χ0n) is 9.50. The van der Waals surface area contributed by atoms with Gasteiger partial charge in [-0.05, 0) is 47.4 Å². The van der Waals surface area contributed by atoms with Crippen molar-refractivity contribution >= 4 is 11.6 Å². The molecule has 0 atom stereocenters. The van der Waals surface area contributed by atoms with Crippen molar-refractivity contribution in [2.45, 2.75) is 13.5 Å². The molecule has 0 aliphatic rings. The van der Waals surface area contributed by atoms with Gasteiger partial charge in [0.1, 0.15) is 5.82 Å². The van der Waals surface area contributed by atoms with E-state index in [0.29, 0.717) is 17.1 Å². The molecular weight excluding hydrogens is 237 g/mol. The van der Waals surface area contributed by atoms with Crippen LogP contribution in [0.5, 0.6) is 0 Å². The van der Waals surface area contributed by atoms with Crippen LogP contribution in [0.25, 0.3) is 11.1 Å². The van der Waals surface area contributed by atoms with Gasteiger partial charge in [0, 0.05) is 11.6 Å². The first-order valence-electron chi connectivity index (χ1n) is 5.37. The lowest BCUT2D eigenvalue weighted by Crippen LogP contribution is -1.97. The molecule has 0 aliphatic carbocycles. The third-order valence-corrected chi connectivity index (χ3v) is 3.12. The highest BCUT2D eigenvalue weighted by Gasteiger charge is 2.04. The number of aryl methyl sites for hydroxylation is 1. The molecule has 88 valence electrons. The molecule has 2 N–H and O–H groups in total. The van der Waals surface area contributed by atoms with Crippen molar-refractivity contribution in [2.75, 3.05) is 0 Å². The first kappa shape index (κ1) is 12.1. The molecule has 17 heavy (non-hydrogen) atoms. The van der Waals surface area contributed by atoms with Gasteiger partial charge in [-0.2, -0.15) is 0 Å². The Hall–Kier alpha value is -1.38. The number of hydrogen-bond acceptors (Lipinski definition) is 1. The smallest absolute Gasteiger partial charge is 0.126 e. The Morgan fingerprint density at radius 2 is 1.76 bits per heavy atom. The third kappa shape index (κ3) is 2.48. The summed E-state index contributed by atoms with van der Waals surface area (Å²) >= 11 is 6.10. The van der Waals surface area contributed by atoms with Crippen LogP contribution < -0.4 is 5.73 Å². The highest BCUT2D eigenvalue weighted by molar-refractivity contribution is 6.31. The average molecular weight is 250 g/mol. The summed E-state index contributed by atoms with van der Waals surface area (Å²) in [5.41, 5.74) is 9.01. The summed E-state index contributed by atoms with van der Waals surface area (Å²) in [5.74, 6) is -0.196. The van der Waals surface area contributed by atoms with Crippen LogP contribution in [0.4, 0.5) is 4.39 Å². The first-order chi connectivity index (χ1) is 8.11. The van der Waals surface area contributed by atoms with E-state index >= 15 is 0 Å². The first-order valence-corrected chi connectivity index (χ1v) is 5.74. The molecule has 2 aromatic carbocycles. The van der Waals surface area contributed by atoms with Gasteiger partial charge in [-0.25, -0.2) is 4.39 Å². The van der Waals surface area contributed by atoms with Gasteiger partial charge >= 0.3 is 0 Å². The van der Waals surface area contributed by atoms with Gasteiger partial charge in [-0.15, -0.1) is 0 Å². The topological polar surface area (TPSA) is 26.0 Å². The summed E-state index contributed by atoms with van der Waals surface area (Å²) in [5, 5.41) is 0.645. The van der Waals surface area contributed by atoms with Crippen molar-refractivity contribution < 1.29 is 4.39 Å². The Labute approximate surface area is 105 Å². The van der Waals surface area contributed by atoms with Crippen LogP contribution in [0.2, 0.25) is 5.02 Å². The number of nitrogens with two attached hydrogens (primary N) is 1. The van der Waals surface area contributed by atoms with Crippen LogP contribution in [0.3, 0.4) is 0 Å². The van der Waals surface area contributed by atoms with E-state index in [9.17, 15) is 4.39 Å². The van der Waals surface area contributed by atoms with Crippen molar-refractivity contribution in [2.24, 2.45) is 5.73 Å². The Balaban J connectivity index is 2.46. The number of hydrogen-bond donors (Lipinski definition) is 1. The maximum atomic E-state index is 13.2. The lowest BCUT2D eigenvalue weighted by atomic mass is 10.0. The van der Waals surface area contributed by atoms with Gasteiger partial charge in [0.15, 0.2) is 0 Å². The zero-order valence-corrected chi connectivity index (χ0v) is 10.3. The second kappa shape index (κ2) is 4.86. The van der Waals surface area contributed by atoms with Crippen LogP contribution in [0.1, 0.15) is 11.1 Å². The Morgan fingerprint density at radius 3 is 2.35 bits per heavy atom. The Bertz CT molecular complexity index is 552. The van der Waals surface area contributed by atoms with E-state index in [1.54, 1.807) is 13.0 Å². The second-order valence-corrected chi connectivity index (χ2v) is 4.38. The molecule has 0 amide bonds. The largest absolute Gasteiger partial charge is 0.326 e. The summed E-state index contributed by atoms with van der Waals surface area (Å²) in [4.78, 5) is 0. The van der Waals surface area contributed by atoms with Crippen LogP contribution in [-0.2, 0) is 6.54 Å². The molecule has 0 saturated carbocycles. The molecule has 2 aromatic rings. The number of halogens is 2. The number of benzene rings is 2. The maximum absolute atomic E-state index is 13.2. The van der Waals surface area contributed by atoms with E-state index in [-0.39, 0.29) is 5.82 Å². The maximum Gasteiger partial charge on any atom is 0.126 e. The van der Waals surface area contributed by atoms with E-state index in [0.717, 1.165) is 16.7 Å². The molecule has 0 heterocycles. The minimum absolute atomic E-state index is 0.196. The fourth-order valence-electron chi connectivity index (χ4n) is 1.72.